The van der Waals surface area contributed by atoms with Crippen molar-refractivity contribution in [2.45, 2.75) is 71.6 Å². The highest BCUT2D eigenvalue weighted by Gasteiger charge is 2.75. The normalized spacial score (nSPS) is 46.1. The molecule has 2 unspecified atom stereocenters. The number of fused-ring (bicyclic) bond motifs is 6. The first kappa shape index (κ1) is 23.8. The minimum atomic E-state index is -0.968. The Morgan fingerprint density at radius 3 is 1.82 bits per heavy atom. The predicted octanol–water partition coefficient (Wildman–Crippen LogP) is 2.86. The molecule has 2 N–H and O–H groups in total. The van der Waals surface area contributed by atoms with E-state index < -0.39 is 47.1 Å². The number of hydrogen-bond acceptors (Lipinski definition) is 6. The summed E-state index contributed by atoms with van der Waals surface area (Å²) >= 11 is 0. The molecule has 5 fully saturated rings. The number of ketones is 4. The molecule has 0 heterocycles. The van der Waals surface area contributed by atoms with E-state index in [0.29, 0.717) is 57.8 Å². The van der Waals surface area contributed by atoms with Crippen LogP contribution in [0.5, 0.6) is 0 Å². The smallest absolute Gasteiger partial charge is 0.307 e. The zero-order chi connectivity index (χ0) is 24.6. The van der Waals surface area contributed by atoms with Crippen molar-refractivity contribution in [3.8, 4) is 0 Å². The first-order chi connectivity index (χ1) is 16.2. The van der Waals surface area contributed by atoms with Crippen LogP contribution in [0.4, 0.5) is 0 Å². The summed E-state index contributed by atoms with van der Waals surface area (Å²) in [5.41, 5.74) is -1.42. The fraction of sp³-hybridized carbons (Fsp3) is 0.815. The van der Waals surface area contributed by atoms with Crippen molar-refractivity contribution in [2.75, 3.05) is 6.61 Å². The van der Waals surface area contributed by atoms with E-state index in [4.69, 9.17) is 0 Å². The zero-order valence-electron chi connectivity index (χ0n) is 20.1. The van der Waals surface area contributed by atoms with Gasteiger partial charge >= 0.3 is 5.97 Å². The summed E-state index contributed by atoms with van der Waals surface area (Å²) in [4.78, 5) is 65.1. The molecule has 5 saturated carbocycles. The second kappa shape index (κ2) is 8.07. The molecule has 2 spiro atoms. The lowest BCUT2D eigenvalue weighted by atomic mass is 9.57. The van der Waals surface area contributed by atoms with Crippen molar-refractivity contribution in [2.24, 2.45) is 58.2 Å². The third kappa shape index (κ3) is 2.88. The van der Waals surface area contributed by atoms with E-state index in [2.05, 4.69) is 0 Å². The number of aliphatic carboxylic acids is 1. The number of carbonyl (C=O) groups excluding carboxylic acids is 4. The van der Waals surface area contributed by atoms with Crippen molar-refractivity contribution in [1.29, 1.82) is 0 Å². The van der Waals surface area contributed by atoms with E-state index in [1.165, 1.54) is 0 Å². The van der Waals surface area contributed by atoms with Crippen LogP contribution in [0.1, 0.15) is 71.6 Å². The molecule has 5 aliphatic carbocycles. The monoisotopic (exact) mass is 472 g/mol. The number of carboxylic acids is 1. The second-order valence-corrected chi connectivity index (χ2v) is 11.9. The van der Waals surface area contributed by atoms with E-state index in [1.807, 2.05) is 6.92 Å². The maximum absolute atomic E-state index is 14.4. The first-order valence-corrected chi connectivity index (χ1v) is 13.1. The van der Waals surface area contributed by atoms with Crippen LogP contribution in [-0.4, -0.2) is 45.9 Å². The van der Waals surface area contributed by atoms with Gasteiger partial charge in [-0.3, -0.25) is 24.0 Å². The molecular weight excluding hydrogens is 436 g/mol. The highest BCUT2D eigenvalue weighted by molar-refractivity contribution is 5.99. The van der Waals surface area contributed by atoms with Gasteiger partial charge in [-0.05, 0) is 68.6 Å². The summed E-state index contributed by atoms with van der Waals surface area (Å²) < 4.78 is 0. The van der Waals surface area contributed by atoms with Crippen LogP contribution in [0.15, 0.2) is 0 Å². The Hall–Kier alpha value is -1.89. The number of aliphatic hydroxyl groups excluding tert-OH is 1. The number of carbonyl (C=O) groups is 5. The molecule has 0 aromatic carbocycles. The van der Waals surface area contributed by atoms with Crippen molar-refractivity contribution in [3.63, 3.8) is 0 Å². The van der Waals surface area contributed by atoms with Gasteiger partial charge in [0.15, 0.2) is 5.78 Å². The van der Waals surface area contributed by atoms with Gasteiger partial charge in [0.25, 0.3) is 0 Å². The number of hydrogen-bond donors (Lipinski definition) is 2. The Labute approximate surface area is 200 Å². The highest BCUT2D eigenvalue weighted by atomic mass is 16.4. The molecule has 10 atom stereocenters. The van der Waals surface area contributed by atoms with Crippen molar-refractivity contribution in [1.82, 2.24) is 0 Å². The summed E-state index contributed by atoms with van der Waals surface area (Å²) in [6.45, 7) is 3.09. The maximum Gasteiger partial charge on any atom is 0.307 e. The molecule has 0 aliphatic heterocycles. The predicted molar refractivity (Wildman–Crippen MR) is 120 cm³/mol. The Bertz CT molecular complexity index is 955. The molecule has 5 rings (SSSR count). The van der Waals surface area contributed by atoms with Gasteiger partial charge in [0.05, 0.1) is 5.92 Å². The van der Waals surface area contributed by atoms with Gasteiger partial charge < -0.3 is 10.2 Å². The van der Waals surface area contributed by atoms with Gasteiger partial charge in [-0.15, -0.1) is 0 Å². The van der Waals surface area contributed by atoms with Gasteiger partial charge in [-0.25, -0.2) is 0 Å². The molecule has 0 radical (unpaired) electrons. The maximum atomic E-state index is 14.4. The Morgan fingerprint density at radius 2 is 1.35 bits per heavy atom. The molecule has 4 bridgehead atoms. The van der Waals surface area contributed by atoms with Gasteiger partial charge in [0, 0.05) is 41.4 Å². The van der Waals surface area contributed by atoms with Gasteiger partial charge in [-0.2, -0.15) is 0 Å². The molecule has 0 aromatic rings. The Balaban J connectivity index is 1.47. The molecule has 186 valence electrons. The van der Waals surface area contributed by atoms with Crippen molar-refractivity contribution >= 4 is 29.1 Å². The number of carboxylic acid groups (broad SMARTS) is 1. The zero-order valence-corrected chi connectivity index (χ0v) is 20.1. The molecule has 5 aliphatic rings. The van der Waals surface area contributed by atoms with Crippen LogP contribution in [0.25, 0.3) is 0 Å². The first-order valence-electron chi connectivity index (χ1n) is 13.1. The third-order valence-electron chi connectivity index (χ3n) is 10.8. The Kier molecular flexibility index (Phi) is 5.66. The largest absolute Gasteiger partial charge is 0.481 e. The van der Waals surface area contributed by atoms with Crippen LogP contribution < -0.4 is 0 Å². The Morgan fingerprint density at radius 1 is 0.824 bits per heavy atom. The molecule has 0 aromatic heterocycles. The van der Waals surface area contributed by atoms with Crippen LogP contribution in [0.2, 0.25) is 0 Å². The van der Waals surface area contributed by atoms with Crippen LogP contribution in [0, 0.1) is 58.2 Å². The van der Waals surface area contributed by atoms with E-state index in [0.717, 1.165) is 0 Å². The second-order valence-electron chi connectivity index (χ2n) is 11.9. The molecular formula is C27H36O7. The van der Waals surface area contributed by atoms with E-state index in [1.54, 1.807) is 6.92 Å². The summed E-state index contributed by atoms with van der Waals surface area (Å²) in [6.07, 6.45) is 5.08. The lowest BCUT2D eigenvalue weighted by Crippen LogP contribution is -2.51. The highest BCUT2D eigenvalue weighted by Crippen LogP contribution is 2.74. The average Bonchev–Trinajstić information content (AvgIpc) is 3.60. The molecule has 7 heteroatoms. The molecule has 7 nitrogen and oxygen atoms in total. The topological polar surface area (TPSA) is 126 Å². The lowest BCUT2D eigenvalue weighted by Gasteiger charge is -2.44. The summed E-state index contributed by atoms with van der Waals surface area (Å²) in [5, 5.41) is 19.8. The van der Waals surface area contributed by atoms with Gasteiger partial charge in [0.1, 0.15) is 24.0 Å². The van der Waals surface area contributed by atoms with Gasteiger partial charge in [0.2, 0.25) is 0 Å². The minimum absolute atomic E-state index is 0.0202. The van der Waals surface area contributed by atoms with Crippen molar-refractivity contribution in [3.05, 3.63) is 0 Å². The SMILES string of the molecule is CCCC(=O)[C@@H]1C2C[C@H]([C@@H]1C(=O)O)[C@@]1(CC[C@]3(CC4C[C@@H]3[C@H](C(=O)CO)[C@@H]4C(=O)CC)C1=O)C2. The number of rotatable bonds is 8. The van der Waals surface area contributed by atoms with Gasteiger partial charge in [-0.1, -0.05) is 13.8 Å². The fourth-order valence-electron chi connectivity index (χ4n) is 9.82. The van der Waals surface area contributed by atoms with E-state index in [-0.39, 0.29) is 46.8 Å². The molecule has 0 amide bonds. The van der Waals surface area contributed by atoms with E-state index in [9.17, 15) is 34.2 Å². The lowest BCUT2D eigenvalue weighted by molar-refractivity contribution is -0.156. The number of aliphatic hydroxyl groups is 1. The number of Topliss-reactive ketones (excluding diaryl/α,β-unsaturated/α-hetero) is 4. The molecule has 0 saturated heterocycles. The molecule has 34 heavy (non-hydrogen) atoms. The summed E-state index contributed by atoms with van der Waals surface area (Å²) in [7, 11) is 0. The standard InChI is InChI=1S/C27H36O7/c1-3-5-18(30)21-14-9-16(23(21)24(32)33)27(11-14)7-6-26(25(27)34)10-13-8-15(26)22(19(31)12-28)20(13)17(29)4-2/h13-16,20-23,28H,3-12H2,1-2H3,(H,32,33)/t13?,14?,15-,16-,20+,21+,22-,23+,26-,27-/m1/s1. The van der Waals surface area contributed by atoms with Crippen LogP contribution >= 0.6 is 0 Å². The quantitative estimate of drug-likeness (QED) is 0.556. The third-order valence-corrected chi connectivity index (χ3v) is 10.8. The average molecular weight is 473 g/mol. The summed E-state index contributed by atoms with van der Waals surface area (Å²) in [6, 6.07) is 0. The minimum Gasteiger partial charge on any atom is -0.481 e. The van der Waals surface area contributed by atoms with Crippen LogP contribution in [-0.2, 0) is 24.0 Å². The van der Waals surface area contributed by atoms with E-state index >= 15 is 0 Å². The van der Waals surface area contributed by atoms with Crippen LogP contribution in [0.3, 0.4) is 0 Å². The fourth-order valence-corrected chi connectivity index (χ4v) is 9.82. The summed E-state index contributed by atoms with van der Waals surface area (Å²) in [5.74, 6) is -4.12. The van der Waals surface area contributed by atoms with Crippen molar-refractivity contribution < 1.29 is 34.2 Å².